The second-order valence-corrected chi connectivity index (χ2v) is 9.36. The maximum absolute atomic E-state index is 10.8. The Morgan fingerprint density at radius 2 is 0.958 bits per heavy atom. The number of unbranched alkanes of at least 4 members (excludes halogenated alkanes) is 3. The Kier molecular flexibility index (Phi) is 12.0. The molecule has 0 aromatic carbocycles. The van der Waals surface area contributed by atoms with Gasteiger partial charge in [0, 0.05) is 13.1 Å². The molecular formula is C14H32N2O6S2. The van der Waals surface area contributed by atoms with E-state index >= 15 is 0 Å². The lowest BCUT2D eigenvalue weighted by molar-refractivity contribution is 0.233. The lowest BCUT2D eigenvalue weighted by Crippen LogP contribution is -2.26. The van der Waals surface area contributed by atoms with Crippen molar-refractivity contribution in [3.63, 3.8) is 0 Å². The van der Waals surface area contributed by atoms with Crippen LogP contribution in [0.3, 0.4) is 0 Å². The number of nitrogens with zero attached hydrogens (tertiary/aromatic N) is 2. The number of hydrogen-bond acceptors (Lipinski definition) is 8. The summed E-state index contributed by atoms with van der Waals surface area (Å²) in [6, 6.07) is 0. The fourth-order valence-corrected chi connectivity index (χ4v) is 2.78. The third-order valence-electron chi connectivity index (χ3n) is 3.37. The van der Waals surface area contributed by atoms with Crippen molar-refractivity contribution in [2.45, 2.75) is 25.7 Å². The Labute approximate surface area is 147 Å². The highest BCUT2D eigenvalue weighted by atomic mass is 32.2. The number of rotatable bonds is 15. The van der Waals surface area contributed by atoms with Gasteiger partial charge >= 0.3 is 0 Å². The van der Waals surface area contributed by atoms with Gasteiger partial charge in [0.2, 0.25) is 0 Å². The zero-order valence-electron chi connectivity index (χ0n) is 15.2. The predicted molar refractivity (Wildman–Crippen MR) is 95.1 cm³/mol. The van der Waals surface area contributed by atoms with Gasteiger partial charge in [-0.2, -0.15) is 16.8 Å². The van der Waals surface area contributed by atoms with Crippen molar-refractivity contribution in [1.82, 2.24) is 9.80 Å². The van der Waals surface area contributed by atoms with Crippen LogP contribution in [0.15, 0.2) is 0 Å². The van der Waals surface area contributed by atoms with Gasteiger partial charge in [0.05, 0.1) is 25.7 Å². The van der Waals surface area contributed by atoms with E-state index in [2.05, 4.69) is 9.80 Å². The van der Waals surface area contributed by atoms with Gasteiger partial charge in [-0.25, -0.2) is 0 Å². The lowest BCUT2D eigenvalue weighted by Gasteiger charge is -2.17. The fourth-order valence-electron chi connectivity index (χ4n) is 2.03. The van der Waals surface area contributed by atoms with E-state index in [9.17, 15) is 16.8 Å². The molecule has 0 rings (SSSR count). The van der Waals surface area contributed by atoms with Gasteiger partial charge in [-0.3, -0.25) is 8.37 Å². The third-order valence-corrected chi connectivity index (χ3v) is 4.56. The molecule has 24 heavy (non-hydrogen) atoms. The molecule has 0 heterocycles. The first-order chi connectivity index (χ1) is 11.0. The maximum Gasteiger partial charge on any atom is 0.264 e. The zero-order valence-corrected chi connectivity index (χ0v) is 16.9. The van der Waals surface area contributed by atoms with Crippen LogP contribution in [-0.4, -0.2) is 92.6 Å². The lowest BCUT2D eigenvalue weighted by atomic mass is 10.2. The smallest absolute Gasteiger partial charge is 0.264 e. The highest BCUT2D eigenvalue weighted by molar-refractivity contribution is 7.86. The highest BCUT2D eigenvalue weighted by Gasteiger charge is 2.05. The van der Waals surface area contributed by atoms with E-state index in [0.717, 1.165) is 51.3 Å². The van der Waals surface area contributed by atoms with Crippen molar-refractivity contribution < 1.29 is 25.2 Å². The fraction of sp³-hybridized carbons (Fsp3) is 1.00. The topological polar surface area (TPSA) is 93.2 Å². The summed E-state index contributed by atoms with van der Waals surface area (Å²) in [7, 11) is -2.81. The first kappa shape index (κ1) is 23.7. The zero-order chi connectivity index (χ0) is 18.6. The Balaban J connectivity index is 3.49. The first-order valence-corrected chi connectivity index (χ1v) is 11.7. The van der Waals surface area contributed by atoms with E-state index in [-0.39, 0.29) is 13.2 Å². The number of likely N-dealkylation sites (N-methyl/N-ethyl adjacent to an activating group) is 2. The Hall–Kier alpha value is -0.260. The molecule has 0 bridgehead atoms. The summed E-state index contributed by atoms with van der Waals surface area (Å²) >= 11 is 0. The van der Waals surface area contributed by atoms with E-state index in [1.54, 1.807) is 0 Å². The summed E-state index contributed by atoms with van der Waals surface area (Å²) in [6.45, 7) is 3.38. The molecule has 10 heteroatoms. The molecule has 0 radical (unpaired) electrons. The van der Waals surface area contributed by atoms with Crippen molar-refractivity contribution in [2.75, 3.05) is 66.0 Å². The molecule has 0 aliphatic rings. The molecule has 0 saturated carbocycles. The van der Waals surface area contributed by atoms with Crippen LogP contribution in [0.4, 0.5) is 0 Å². The normalized spacial score (nSPS) is 13.1. The summed E-state index contributed by atoms with van der Waals surface area (Å²) in [4.78, 5) is 4.11. The standard InChI is InChI=1S/C14H32N2O6S2/c1-15(11-13-21-23(3,17)18)9-7-5-6-8-10-16(2)12-14-22-24(4,19)20/h5-14H2,1-4H3. The summed E-state index contributed by atoms with van der Waals surface area (Å²) < 4.78 is 52.7. The molecule has 0 amide bonds. The average Bonchev–Trinajstić information content (AvgIpc) is 2.39. The summed E-state index contributed by atoms with van der Waals surface area (Å²) in [5.41, 5.74) is 0. The molecule has 0 saturated heterocycles. The van der Waals surface area contributed by atoms with Crippen LogP contribution in [0.2, 0.25) is 0 Å². The quantitative estimate of drug-likeness (QED) is 0.293. The van der Waals surface area contributed by atoms with Gasteiger partial charge < -0.3 is 9.80 Å². The molecule has 0 aromatic heterocycles. The second-order valence-electron chi connectivity index (χ2n) is 6.07. The molecule has 8 nitrogen and oxygen atoms in total. The Morgan fingerprint density at radius 3 is 1.25 bits per heavy atom. The maximum atomic E-state index is 10.8. The van der Waals surface area contributed by atoms with Crippen molar-refractivity contribution in [3.8, 4) is 0 Å². The van der Waals surface area contributed by atoms with Gasteiger partial charge in [0.1, 0.15) is 0 Å². The van der Waals surface area contributed by atoms with Gasteiger partial charge in [-0.05, 0) is 40.0 Å². The molecule has 0 aliphatic carbocycles. The Bertz CT molecular complexity index is 473. The average molecular weight is 389 g/mol. The second kappa shape index (κ2) is 12.2. The van der Waals surface area contributed by atoms with Crippen LogP contribution in [0.1, 0.15) is 25.7 Å². The largest absolute Gasteiger partial charge is 0.304 e. The summed E-state index contributed by atoms with van der Waals surface area (Å²) in [5.74, 6) is 0. The molecule has 0 spiro atoms. The monoisotopic (exact) mass is 388 g/mol. The van der Waals surface area contributed by atoms with Crippen LogP contribution in [0.25, 0.3) is 0 Å². The molecule has 0 atom stereocenters. The number of hydrogen-bond donors (Lipinski definition) is 0. The van der Waals surface area contributed by atoms with Gasteiger partial charge in [0.25, 0.3) is 20.2 Å². The molecular weight excluding hydrogens is 356 g/mol. The molecule has 146 valence electrons. The minimum atomic E-state index is -3.35. The van der Waals surface area contributed by atoms with Crippen molar-refractivity contribution in [3.05, 3.63) is 0 Å². The van der Waals surface area contributed by atoms with E-state index in [0.29, 0.717) is 13.1 Å². The highest BCUT2D eigenvalue weighted by Crippen LogP contribution is 2.03. The van der Waals surface area contributed by atoms with E-state index < -0.39 is 20.2 Å². The van der Waals surface area contributed by atoms with Crippen LogP contribution < -0.4 is 0 Å². The van der Waals surface area contributed by atoms with E-state index in [4.69, 9.17) is 8.37 Å². The van der Waals surface area contributed by atoms with Crippen LogP contribution in [-0.2, 0) is 28.6 Å². The summed E-state index contributed by atoms with van der Waals surface area (Å²) in [5, 5.41) is 0. The third kappa shape index (κ3) is 18.1. The van der Waals surface area contributed by atoms with Crippen molar-refractivity contribution >= 4 is 20.2 Å². The first-order valence-electron chi connectivity index (χ1n) is 8.05. The van der Waals surface area contributed by atoms with E-state index in [1.165, 1.54) is 0 Å². The SMILES string of the molecule is CN(CCCCCCN(C)CCOS(C)(=O)=O)CCOS(C)(=O)=O. The molecule has 0 aromatic rings. The molecule has 0 N–H and O–H groups in total. The van der Waals surface area contributed by atoms with Gasteiger partial charge in [0.15, 0.2) is 0 Å². The molecule has 0 fully saturated rings. The molecule has 0 unspecified atom stereocenters. The van der Waals surface area contributed by atoms with Gasteiger partial charge in [-0.1, -0.05) is 12.8 Å². The van der Waals surface area contributed by atoms with Crippen molar-refractivity contribution in [2.24, 2.45) is 0 Å². The minimum Gasteiger partial charge on any atom is -0.304 e. The minimum absolute atomic E-state index is 0.190. The molecule has 0 aliphatic heterocycles. The van der Waals surface area contributed by atoms with Crippen LogP contribution in [0, 0.1) is 0 Å². The summed E-state index contributed by atoms with van der Waals surface area (Å²) in [6.07, 6.45) is 6.41. The van der Waals surface area contributed by atoms with Crippen LogP contribution >= 0.6 is 0 Å². The van der Waals surface area contributed by atoms with Crippen molar-refractivity contribution in [1.29, 1.82) is 0 Å². The van der Waals surface area contributed by atoms with Gasteiger partial charge in [-0.15, -0.1) is 0 Å². The predicted octanol–water partition coefficient (Wildman–Crippen LogP) is 0.363. The Morgan fingerprint density at radius 1 is 0.625 bits per heavy atom. The van der Waals surface area contributed by atoms with Crippen LogP contribution in [0.5, 0.6) is 0 Å². The van der Waals surface area contributed by atoms with E-state index in [1.807, 2.05) is 14.1 Å².